The summed E-state index contributed by atoms with van der Waals surface area (Å²) in [5.74, 6) is 2.68. The zero-order chi connectivity index (χ0) is 23.2. The van der Waals surface area contributed by atoms with Gasteiger partial charge in [-0.25, -0.2) is 0 Å². The third kappa shape index (κ3) is 3.62. The maximum absolute atomic E-state index is 5.91. The first kappa shape index (κ1) is 22.0. The van der Waals surface area contributed by atoms with Gasteiger partial charge in [-0.15, -0.1) is 0 Å². The molecule has 0 N–H and O–H groups in total. The molecule has 170 valence electrons. The first-order valence-electron chi connectivity index (χ1n) is 12.5. The molecule has 3 aliphatic rings. The third-order valence-electron chi connectivity index (χ3n) is 7.51. The van der Waals surface area contributed by atoms with E-state index in [0.29, 0.717) is 17.8 Å². The van der Waals surface area contributed by atoms with Crippen LogP contribution < -0.4 is 0 Å². The summed E-state index contributed by atoms with van der Waals surface area (Å²) in [6.07, 6.45) is 14.6. The molecule has 0 fully saturated rings. The lowest BCUT2D eigenvalue weighted by molar-refractivity contribution is 0.306. The minimum atomic E-state index is 0.0584. The van der Waals surface area contributed by atoms with Crippen molar-refractivity contribution >= 4 is 5.57 Å². The Balaban J connectivity index is 1.75. The molecule has 2 aromatic carbocycles. The van der Waals surface area contributed by atoms with E-state index in [1.807, 2.05) is 0 Å². The smallest absolute Gasteiger partial charge is 0.123 e. The van der Waals surface area contributed by atoms with Crippen LogP contribution in [0.25, 0.3) is 16.7 Å². The summed E-state index contributed by atoms with van der Waals surface area (Å²) < 4.78 is 5.91. The number of fused-ring (bicyclic) bond motifs is 4. The Morgan fingerprint density at radius 1 is 0.909 bits per heavy atom. The molecule has 2 aromatic rings. The van der Waals surface area contributed by atoms with Crippen LogP contribution in [0.3, 0.4) is 0 Å². The SMILES string of the molecule is COC1=CCC2C=CC=CC2=C1c1ccc2c(c1)C(CC(C)C)(CC(C)C)c1ccccc1-2. The summed E-state index contributed by atoms with van der Waals surface area (Å²) in [4.78, 5) is 0. The van der Waals surface area contributed by atoms with Crippen molar-refractivity contribution in [3.63, 3.8) is 0 Å². The lowest BCUT2D eigenvalue weighted by Gasteiger charge is -2.36. The highest BCUT2D eigenvalue weighted by atomic mass is 16.5. The van der Waals surface area contributed by atoms with Gasteiger partial charge in [-0.05, 0) is 76.6 Å². The topological polar surface area (TPSA) is 9.23 Å². The summed E-state index contributed by atoms with van der Waals surface area (Å²) in [6, 6.07) is 16.3. The van der Waals surface area contributed by atoms with E-state index in [-0.39, 0.29) is 5.41 Å². The number of benzene rings is 2. The van der Waals surface area contributed by atoms with Crippen molar-refractivity contribution in [3.05, 3.63) is 101 Å². The molecule has 0 amide bonds. The van der Waals surface area contributed by atoms with Crippen molar-refractivity contribution in [3.8, 4) is 11.1 Å². The van der Waals surface area contributed by atoms with Crippen molar-refractivity contribution < 1.29 is 4.74 Å². The van der Waals surface area contributed by atoms with E-state index in [0.717, 1.165) is 12.2 Å². The third-order valence-corrected chi connectivity index (χ3v) is 7.51. The van der Waals surface area contributed by atoms with E-state index in [1.54, 1.807) is 7.11 Å². The summed E-state index contributed by atoms with van der Waals surface area (Å²) >= 11 is 0. The van der Waals surface area contributed by atoms with Gasteiger partial charge in [-0.2, -0.15) is 0 Å². The Morgan fingerprint density at radius 3 is 2.36 bits per heavy atom. The molecule has 1 unspecified atom stereocenters. The minimum absolute atomic E-state index is 0.0584. The van der Waals surface area contributed by atoms with Crippen LogP contribution in [0.2, 0.25) is 0 Å². The van der Waals surface area contributed by atoms with Crippen LogP contribution in [-0.2, 0) is 10.2 Å². The second-order valence-electron chi connectivity index (χ2n) is 10.8. The van der Waals surface area contributed by atoms with Gasteiger partial charge in [0.25, 0.3) is 0 Å². The van der Waals surface area contributed by atoms with Gasteiger partial charge in [0.1, 0.15) is 5.76 Å². The summed E-state index contributed by atoms with van der Waals surface area (Å²) in [5.41, 5.74) is 9.83. The van der Waals surface area contributed by atoms with E-state index >= 15 is 0 Å². The van der Waals surface area contributed by atoms with Gasteiger partial charge in [0.05, 0.1) is 7.11 Å². The average Bonchev–Trinajstić information content (AvgIpc) is 3.06. The average molecular weight is 437 g/mol. The Bertz CT molecular complexity index is 1170. The highest BCUT2D eigenvalue weighted by Crippen LogP contribution is 2.55. The number of allylic oxidation sites excluding steroid dienone is 7. The molecule has 0 radical (unpaired) electrons. The second kappa shape index (κ2) is 8.52. The van der Waals surface area contributed by atoms with Gasteiger partial charge < -0.3 is 4.74 Å². The minimum Gasteiger partial charge on any atom is -0.496 e. The largest absolute Gasteiger partial charge is 0.496 e. The van der Waals surface area contributed by atoms with Crippen LogP contribution in [0.15, 0.2) is 84.2 Å². The molecular weight excluding hydrogens is 400 g/mol. The van der Waals surface area contributed by atoms with Crippen molar-refractivity contribution in [2.45, 2.75) is 52.4 Å². The van der Waals surface area contributed by atoms with Gasteiger partial charge in [0, 0.05) is 16.9 Å². The standard InChI is InChI=1S/C32H36O/c1-21(2)19-32(20-22(3)4)28-13-9-8-12-26(28)27-16-14-24(18-29(27)32)31-25-11-7-6-10-23(25)15-17-30(31)33-5/h6-14,16-18,21-23H,15,19-20H2,1-5H3. The number of hydrogen-bond donors (Lipinski definition) is 0. The zero-order valence-electron chi connectivity index (χ0n) is 20.7. The number of methoxy groups -OCH3 is 1. The Morgan fingerprint density at radius 2 is 1.64 bits per heavy atom. The van der Waals surface area contributed by atoms with E-state index in [2.05, 4.69) is 101 Å². The fourth-order valence-electron chi connectivity index (χ4n) is 6.56. The molecule has 0 aromatic heterocycles. The molecule has 0 bridgehead atoms. The monoisotopic (exact) mass is 436 g/mol. The highest BCUT2D eigenvalue weighted by molar-refractivity contribution is 5.88. The summed E-state index contributed by atoms with van der Waals surface area (Å²) in [6.45, 7) is 9.48. The molecule has 0 heterocycles. The molecule has 1 nitrogen and oxygen atoms in total. The summed E-state index contributed by atoms with van der Waals surface area (Å²) in [5, 5.41) is 0. The van der Waals surface area contributed by atoms with Crippen LogP contribution in [0, 0.1) is 17.8 Å². The van der Waals surface area contributed by atoms with Crippen molar-refractivity contribution in [2.75, 3.05) is 7.11 Å². The van der Waals surface area contributed by atoms with Crippen LogP contribution in [-0.4, -0.2) is 7.11 Å². The fourth-order valence-corrected chi connectivity index (χ4v) is 6.56. The second-order valence-corrected chi connectivity index (χ2v) is 10.8. The molecule has 1 atom stereocenters. The van der Waals surface area contributed by atoms with E-state index in [1.165, 1.54) is 51.8 Å². The van der Waals surface area contributed by atoms with Crippen molar-refractivity contribution in [2.24, 2.45) is 17.8 Å². The van der Waals surface area contributed by atoms with Gasteiger partial charge in [0.2, 0.25) is 0 Å². The number of rotatable bonds is 6. The predicted molar refractivity (Wildman–Crippen MR) is 140 cm³/mol. The van der Waals surface area contributed by atoms with Crippen LogP contribution >= 0.6 is 0 Å². The quantitative estimate of drug-likeness (QED) is 0.441. The molecule has 0 aliphatic heterocycles. The fraction of sp³-hybridized carbons (Fsp3) is 0.375. The maximum atomic E-state index is 5.91. The molecule has 0 spiro atoms. The molecule has 0 saturated carbocycles. The maximum Gasteiger partial charge on any atom is 0.123 e. The number of hydrogen-bond acceptors (Lipinski definition) is 1. The van der Waals surface area contributed by atoms with Crippen LogP contribution in [0.5, 0.6) is 0 Å². The molecular formula is C32H36O. The molecule has 5 rings (SSSR count). The van der Waals surface area contributed by atoms with Gasteiger partial charge in [-0.1, -0.05) is 88.4 Å². The summed E-state index contributed by atoms with van der Waals surface area (Å²) in [7, 11) is 1.81. The predicted octanol–water partition coefficient (Wildman–Crippen LogP) is 8.48. The molecule has 3 aliphatic carbocycles. The number of ether oxygens (including phenoxy) is 1. The first-order chi connectivity index (χ1) is 15.9. The Hall–Kier alpha value is -2.80. The van der Waals surface area contributed by atoms with Gasteiger partial charge in [0.15, 0.2) is 0 Å². The van der Waals surface area contributed by atoms with E-state index in [4.69, 9.17) is 4.74 Å². The lowest BCUT2D eigenvalue weighted by Crippen LogP contribution is -2.29. The van der Waals surface area contributed by atoms with Gasteiger partial charge >= 0.3 is 0 Å². The van der Waals surface area contributed by atoms with E-state index < -0.39 is 0 Å². The lowest BCUT2D eigenvalue weighted by atomic mass is 9.67. The highest BCUT2D eigenvalue weighted by Gasteiger charge is 2.44. The Labute approximate surface area is 199 Å². The Kier molecular flexibility index (Phi) is 5.69. The first-order valence-corrected chi connectivity index (χ1v) is 12.5. The molecule has 33 heavy (non-hydrogen) atoms. The van der Waals surface area contributed by atoms with E-state index in [9.17, 15) is 0 Å². The van der Waals surface area contributed by atoms with Crippen molar-refractivity contribution in [1.29, 1.82) is 0 Å². The van der Waals surface area contributed by atoms with Crippen LogP contribution in [0.1, 0.15) is 63.6 Å². The zero-order valence-corrected chi connectivity index (χ0v) is 20.7. The normalized spacial score (nSPS) is 20.1. The molecule has 0 saturated heterocycles. The van der Waals surface area contributed by atoms with Gasteiger partial charge in [-0.3, -0.25) is 0 Å². The molecule has 1 heteroatoms. The van der Waals surface area contributed by atoms with Crippen molar-refractivity contribution in [1.82, 2.24) is 0 Å². The van der Waals surface area contributed by atoms with Crippen LogP contribution in [0.4, 0.5) is 0 Å².